The van der Waals surface area contributed by atoms with Crippen LogP contribution in [0.3, 0.4) is 0 Å². The maximum atomic E-state index is 13.1. The first kappa shape index (κ1) is 19.6. The first-order chi connectivity index (χ1) is 13.1. The van der Waals surface area contributed by atoms with E-state index >= 15 is 0 Å². The third kappa shape index (κ3) is 3.38. The lowest BCUT2D eigenvalue weighted by atomic mass is 9.82. The van der Waals surface area contributed by atoms with Crippen molar-refractivity contribution in [3.05, 3.63) is 65.7 Å². The van der Waals surface area contributed by atoms with Crippen molar-refractivity contribution in [2.24, 2.45) is 5.41 Å². The summed E-state index contributed by atoms with van der Waals surface area (Å²) in [6.45, 7) is 5.33. The number of aromatic nitrogens is 1. The van der Waals surface area contributed by atoms with E-state index in [2.05, 4.69) is 4.98 Å². The molecule has 1 aliphatic rings. The lowest BCUT2D eigenvalue weighted by Gasteiger charge is -2.29. The van der Waals surface area contributed by atoms with Crippen LogP contribution in [0, 0.1) is 5.41 Å². The van der Waals surface area contributed by atoms with Gasteiger partial charge in [0.1, 0.15) is 0 Å². The number of carbonyl (C=O) groups excluding carboxylic acids is 2. The molecule has 0 bridgehead atoms. The van der Waals surface area contributed by atoms with Gasteiger partial charge >= 0.3 is 0 Å². The molecule has 1 amide bonds. The number of pyridine rings is 1. The number of aliphatic hydroxyl groups excluding tert-OH is 1. The molecule has 28 heavy (non-hydrogen) atoms. The van der Waals surface area contributed by atoms with E-state index in [0.29, 0.717) is 5.69 Å². The van der Waals surface area contributed by atoms with Crippen LogP contribution in [0.2, 0.25) is 0 Å². The molecule has 2 heterocycles. The van der Waals surface area contributed by atoms with Gasteiger partial charge in [-0.25, -0.2) is 0 Å². The summed E-state index contributed by atoms with van der Waals surface area (Å²) in [5.41, 5.74) is 1.71. The number of nitrogens with zero attached hydrogens (tertiary/aromatic N) is 3. The van der Waals surface area contributed by atoms with Gasteiger partial charge in [0.05, 0.1) is 11.6 Å². The van der Waals surface area contributed by atoms with Crippen molar-refractivity contribution < 1.29 is 14.7 Å². The highest BCUT2D eigenvalue weighted by Crippen LogP contribution is 2.43. The number of Topliss-reactive ketones (excluding diaryl/α,β-unsaturated/α-hetero) is 1. The van der Waals surface area contributed by atoms with Crippen molar-refractivity contribution in [1.29, 1.82) is 0 Å². The summed E-state index contributed by atoms with van der Waals surface area (Å²) in [5.74, 6) is -1.32. The van der Waals surface area contributed by atoms with Gasteiger partial charge in [-0.05, 0) is 42.0 Å². The van der Waals surface area contributed by atoms with Gasteiger partial charge in [0.15, 0.2) is 11.5 Å². The first-order valence-corrected chi connectivity index (χ1v) is 9.11. The van der Waals surface area contributed by atoms with Crippen molar-refractivity contribution in [2.45, 2.75) is 26.8 Å². The first-order valence-electron chi connectivity index (χ1n) is 9.11. The molecule has 6 heteroatoms. The number of benzene rings is 1. The summed E-state index contributed by atoms with van der Waals surface area (Å²) in [6, 6.07) is 10.2. The van der Waals surface area contributed by atoms with Crippen LogP contribution in [0.1, 0.15) is 32.4 Å². The minimum atomic E-state index is -0.736. The van der Waals surface area contributed by atoms with Crippen molar-refractivity contribution in [2.75, 3.05) is 23.9 Å². The third-order valence-electron chi connectivity index (χ3n) is 4.80. The van der Waals surface area contributed by atoms with Crippen molar-refractivity contribution in [3.63, 3.8) is 0 Å². The minimum absolute atomic E-state index is 0.125. The van der Waals surface area contributed by atoms with E-state index in [1.165, 1.54) is 4.90 Å². The average Bonchev–Trinajstić information content (AvgIpc) is 2.92. The predicted octanol–water partition coefficient (Wildman–Crippen LogP) is 3.66. The Hall–Kier alpha value is -3.15. The van der Waals surface area contributed by atoms with Gasteiger partial charge in [-0.1, -0.05) is 20.8 Å². The van der Waals surface area contributed by atoms with Crippen LogP contribution in [-0.2, 0) is 9.59 Å². The number of hydrogen-bond donors (Lipinski definition) is 1. The zero-order chi connectivity index (χ0) is 20.6. The molecule has 1 N–H and O–H groups in total. The fourth-order valence-electron chi connectivity index (χ4n) is 3.28. The van der Waals surface area contributed by atoms with Crippen LogP contribution in [0.25, 0.3) is 0 Å². The zero-order valence-electron chi connectivity index (χ0n) is 16.8. The summed E-state index contributed by atoms with van der Waals surface area (Å²) in [6.07, 6.45) is 3.23. The fourth-order valence-corrected chi connectivity index (χ4v) is 3.28. The summed E-state index contributed by atoms with van der Waals surface area (Å²) < 4.78 is 0. The van der Waals surface area contributed by atoms with E-state index in [-0.39, 0.29) is 11.4 Å². The molecule has 146 valence electrons. The third-order valence-corrected chi connectivity index (χ3v) is 4.80. The maximum absolute atomic E-state index is 13.1. The molecule has 0 saturated heterocycles. The van der Waals surface area contributed by atoms with E-state index in [1.54, 1.807) is 45.3 Å². The lowest BCUT2D eigenvalue weighted by molar-refractivity contribution is -0.123. The van der Waals surface area contributed by atoms with Gasteiger partial charge in [0, 0.05) is 43.3 Å². The van der Waals surface area contributed by atoms with E-state index in [4.69, 9.17) is 0 Å². The summed E-state index contributed by atoms with van der Waals surface area (Å²) >= 11 is 0. The molecule has 1 aliphatic heterocycles. The highest BCUT2D eigenvalue weighted by Gasteiger charge is 2.46. The number of aliphatic hydroxyl groups is 1. The number of amides is 1. The molecule has 3 rings (SSSR count). The highest BCUT2D eigenvalue weighted by atomic mass is 16.3. The number of rotatable bonds is 4. The SMILES string of the molecule is CN(C)c1ccc(N2C(=O)C(O)=C(C(=O)C(C)(C)C)C2c2ccncc2)cc1. The minimum Gasteiger partial charge on any atom is -0.503 e. The Balaban J connectivity index is 2.15. The predicted molar refractivity (Wildman–Crippen MR) is 109 cm³/mol. The fraction of sp³-hybridized carbons (Fsp3) is 0.318. The molecule has 0 fully saturated rings. The van der Waals surface area contributed by atoms with Gasteiger partial charge in [-0.3, -0.25) is 19.5 Å². The Morgan fingerprint density at radius 3 is 2.14 bits per heavy atom. The monoisotopic (exact) mass is 379 g/mol. The Labute approximate surface area is 165 Å². The van der Waals surface area contributed by atoms with Crippen LogP contribution in [0.5, 0.6) is 0 Å². The largest absolute Gasteiger partial charge is 0.503 e. The van der Waals surface area contributed by atoms with E-state index in [1.807, 2.05) is 43.3 Å². The Morgan fingerprint density at radius 1 is 1.07 bits per heavy atom. The van der Waals surface area contributed by atoms with Crippen LogP contribution >= 0.6 is 0 Å². The molecule has 0 saturated carbocycles. The van der Waals surface area contributed by atoms with Crippen LogP contribution in [0.15, 0.2) is 60.1 Å². The Kier molecular flexibility index (Phi) is 4.98. The van der Waals surface area contributed by atoms with E-state index in [0.717, 1.165) is 11.3 Å². The van der Waals surface area contributed by atoms with Gasteiger partial charge in [0.2, 0.25) is 0 Å². The number of ketones is 1. The summed E-state index contributed by atoms with van der Waals surface area (Å²) in [4.78, 5) is 33.6. The van der Waals surface area contributed by atoms with Gasteiger partial charge in [-0.15, -0.1) is 0 Å². The topological polar surface area (TPSA) is 73.7 Å². The quantitative estimate of drug-likeness (QED) is 0.877. The van der Waals surface area contributed by atoms with Crippen molar-refractivity contribution >= 4 is 23.1 Å². The second kappa shape index (κ2) is 7.11. The average molecular weight is 379 g/mol. The normalized spacial score (nSPS) is 17.2. The highest BCUT2D eigenvalue weighted by molar-refractivity contribution is 6.17. The molecule has 1 atom stereocenters. The van der Waals surface area contributed by atoms with Crippen molar-refractivity contribution in [1.82, 2.24) is 4.98 Å². The van der Waals surface area contributed by atoms with Gasteiger partial charge in [0.25, 0.3) is 5.91 Å². The smallest absolute Gasteiger partial charge is 0.294 e. The molecule has 2 aromatic rings. The number of anilines is 2. The van der Waals surface area contributed by atoms with Crippen LogP contribution in [-0.4, -0.2) is 35.9 Å². The molecule has 1 aromatic heterocycles. The molecular weight excluding hydrogens is 354 g/mol. The second-order valence-corrected chi connectivity index (χ2v) is 8.11. The summed E-state index contributed by atoms with van der Waals surface area (Å²) in [7, 11) is 3.87. The van der Waals surface area contributed by atoms with Crippen molar-refractivity contribution in [3.8, 4) is 0 Å². The van der Waals surface area contributed by atoms with Crippen LogP contribution in [0.4, 0.5) is 11.4 Å². The van der Waals surface area contributed by atoms with E-state index in [9.17, 15) is 14.7 Å². The molecular formula is C22H25N3O3. The maximum Gasteiger partial charge on any atom is 0.294 e. The summed E-state index contributed by atoms with van der Waals surface area (Å²) in [5, 5.41) is 10.6. The number of hydrogen-bond acceptors (Lipinski definition) is 5. The van der Waals surface area contributed by atoms with E-state index < -0.39 is 23.1 Å². The molecule has 0 aliphatic carbocycles. The zero-order valence-corrected chi connectivity index (χ0v) is 16.8. The van der Waals surface area contributed by atoms with Gasteiger partial charge in [-0.2, -0.15) is 0 Å². The molecule has 1 aromatic carbocycles. The standard InChI is InChI=1S/C22H25N3O3/c1-22(2,3)20(27)17-18(14-10-12-23-13-11-14)25(21(28)19(17)26)16-8-6-15(7-9-16)24(4)5/h6-13,18,26H,1-5H3. The Morgan fingerprint density at radius 2 is 1.64 bits per heavy atom. The van der Waals surface area contributed by atoms with Gasteiger partial charge < -0.3 is 10.0 Å². The number of carbonyl (C=O) groups is 2. The molecule has 6 nitrogen and oxygen atoms in total. The Bertz CT molecular complexity index is 926. The lowest BCUT2D eigenvalue weighted by Crippen LogP contribution is -2.32. The molecule has 0 spiro atoms. The van der Waals surface area contributed by atoms with Crippen LogP contribution < -0.4 is 9.80 Å². The second-order valence-electron chi connectivity index (χ2n) is 8.11. The molecule has 0 radical (unpaired) electrons. The molecule has 1 unspecified atom stereocenters.